The fourth-order valence-corrected chi connectivity index (χ4v) is 8.41. The first-order chi connectivity index (χ1) is 18.2. The molecule has 0 saturated carbocycles. The lowest BCUT2D eigenvalue weighted by atomic mass is 10.0. The maximum absolute atomic E-state index is 5.96. The summed E-state index contributed by atoms with van der Waals surface area (Å²) in [7, 11) is -2.42. The Hall–Kier alpha value is 0.577. The summed E-state index contributed by atoms with van der Waals surface area (Å²) in [6.07, 6.45) is 34.1. The topological polar surface area (TPSA) is 27.7 Å². The Morgan fingerprint density at radius 3 is 0.784 bits per heavy atom. The van der Waals surface area contributed by atoms with Gasteiger partial charge in [0.1, 0.15) is 0 Å². The van der Waals surface area contributed by atoms with Gasteiger partial charge in [-0.25, -0.2) is 0 Å². The number of unbranched alkanes of at least 4 members (excludes halogenated alkanes) is 23. The molecule has 0 aromatic heterocycles. The van der Waals surface area contributed by atoms with Crippen LogP contribution in [-0.4, -0.2) is 34.0 Å². The molecule has 0 aliphatic carbocycles. The van der Waals surface area contributed by atoms with E-state index in [9.17, 15) is 0 Å². The molecule has 0 saturated heterocycles. The molecule has 0 rings (SSSR count). The van der Waals surface area contributed by atoms with Gasteiger partial charge < -0.3 is 13.3 Å². The standard InChI is InChI=1S/C32H67BrO3Si/c1-4-34-37(35-5-2,36-6-3)32-30-28-26-24-22-20-18-16-14-12-10-8-7-9-11-13-15-17-19-21-23-25-27-29-31-33/h4-32H2,1-3H3. The van der Waals surface area contributed by atoms with Crippen LogP contribution in [0.25, 0.3) is 0 Å². The summed E-state index contributed by atoms with van der Waals surface area (Å²) in [5.74, 6) is 0. The van der Waals surface area contributed by atoms with E-state index in [1.807, 2.05) is 20.8 Å². The molecule has 0 spiro atoms. The lowest BCUT2D eigenvalue weighted by molar-refractivity contribution is 0.0706. The highest BCUT2D eigenvalue weighted by atomic mass is 79.9. The van der Waals surface area contributed by atoms with E-state index in [1.165, 1.54) is 159 Å². The second-order valence-corrected chi connectivity index (χ2v) is 14.4. The van der Waals surface area contributed by atoms with Crippen molar-refractivity contribution in [3.8, 4) is 0 Å². The van der Waals surface area contributed by atoms with Crippen LogP contribution in [0, 0.1) is 0 Å². The third kappa shape index (κ3) is 26.6. The van der Waals surface area contributed by atoms with Gasteiger partial charge in [-0.05, 0) is 33.6 Å². The first-order valence-corrected chi connectivity index (χ1v) is 19.8. The summed E-state index contributed by atoms with van der Waals surface area (Å²) >= 11 is 3.52. The molecule has 37 heavy (non-hydrogen) atoms. The van der Waals surface area contributed by atoms with Crippen LogP contribution >= 0.6 is 15.9 Å². The average Bonchev–Trinajstić information content (AvgIpc) is 2.89. The summed E-state index contributed by atoms with van der Waals surface area (Å²) in [6.45, 7) is 8.18. The van der Waals surface area contributed by atoms with Crippen LogP contribution in [0.1, 0.15) is 175 Å². The molecule has 0 aromatic carbocycles. The van der Waals surface area contributed by atoms with Gasteiger partial charge in [0.05, 0.1) is 0 Å². The molecule has 0 atom stereocenters. The zero-order chi connectivity index (χ0) is 27.1. The molecule has 0 aliphatic heterocycles. The Morgan fingerprint density at radius 1 is 0.351 bits per heavy atom. The first kappa shape index (κ1) is 37.6. The SMILES string of the molecule is CCO[Si](CCCCCCCCCCCCCCCCCCCCCCCCCCBr)(OCC)OCC. The van der Waals surface area contributed by atoms with Gasteiger partial charge in [0.2, 0.25) is 0 Å². The summed E-state index contributed by atoms with van der Waals surface area (Å²) in [5.41, 5.74) is 0. The Bertz CT molecular complexity index is 408. The van der Waals surface area contributed by atoms with Crippen LogP contribution in [0.3, 0.4) is 0 Å². The fraction of sp³-hybridized carbons (Fsp3) is 1.00. The molecular formula is C32H67BrO3Si. The zero-order valence-electron chi connectivity index (χ0n) is 25.6. The molecule has 0 aromatic rings. The highest BCUT2D eigenvalue weighted by molar-refractivity contribution is 9.09. The van der Waals surface area contributed by atoms with Crippen LogP contribution in [0.5, 0.6) is 0 Å². The minimum absolute atomic E-state index is 0.685. The van der Waals surface area contributed by atoms with Gasteiger partial charge in [-0.2, -0.15) is 0 Å². The minimum atomic E-state index is -2.42. The monoisotopic (exact) mass is 606 g/mol. The average molecular weight is 608 g/mol. The molecule has 5 heteroatoms. The van der Waals surface area contributed by atoms with Crippen LogP contribution < -0.4 is 0 Å². The molecule has 0 heterocycles. The van der Waals surface area contributed by atoms with Crippen molar-refractivity contribution in [3.05, 3.63) is 0 Å². The lowest BCUT2D eigenvalue weighted by Gasteiger charge is -2.28. The van der Waals surface area contributed by atoms with Crippen molar-refractivity contribution in [3.63, 3.8) is 0 Å². The van der Waals surface area contributed by atoms with Crippen LogP contribution in [0.2, 0.25) is 6.04 Å². The van der Waals surface area contributed by atoms with E-state index in [-0.39, 0.29) is 0 Å². The Kier molecular flexibility index (Phi) is 31.6. The van der Waals surface area contributed by atoms with E-state index in [2.05, 4.69) is 15.9 Å². The highest BCUT2D eigenvalue weighted by Crippen LogP contribution is 2.21. The van der Waals surface area contributed by atoms with Crippen molar-refractivity contribution in [1.82, 2.24) is 0 Å². The third-order valence-corrected chi connectivity index (χ3v) is 11.2. The molecular weight excluding hydrogens is 540 g/mol. The van der Waals surface area contributed by atoms with E-state index >= 15 is 0 Å². The van der Waals surface area contributed by atoms with Gasteiger partial charge in [0.15, 0.2) is 0 Å². The molecule has 0 N–H and O–H groups in total. The largest absolute Gasteiger partial charge is 0.500 e. The van der Waals surface area contributed by atoms with Crippen molar-refractivity contribution < 1.29 is 13.3 Å². The number of hydrogen-bond acceptors (Lipinski definition) is 3. The summed E-state index contributed by atoms with van der Waals surface area (Å²) < 4.78 is 17.9. The summed E-state index contributed by atoms with van der Waals surface area (Å²) in [6, 6.07) is 0.973. The smallest absolute Gasteiger partial charge is 0.374 e. The third-order valence-electron chi connectivity index (χ3n) is 7.46. The normalized spacial score (nSPS) is 12.0. The predicted molar refractivity (Wildman–Crippen MR) is 170 cm³/mol. The number of alkyl halides is 1. The quantitative estimate of drug-likeness (QED) is 0.0432. The first-order valence-electron chi connectivity index (χ1n) is 16.7. The molecule has 0 fully saturated rings. The summed E-state index contributed by atoms with van der Waals surface area (Å²) in [5, 5.41) is 1.18. The Balaban J connectivity index is 3.29. The molecule has 0 amide bonds. The maximum Gasteiger partial charge on any atom is 0.500 e. The number of rotatable bonds is 32. The van der Waals surface area contributed by atoms with Crippen molar-refractivity contribution in [2.75, 3.05) is 25.2 Å². The van der Waals surface area contributed by atoms with Gasteiger partial charge in [-0.3, -0.25) is 0 Å². The minimum Gasteiger partial charge on any atom is -0.374 e. The lowest BCUT2D eigenvalue weighted by Crippen LogP contribution is -2.45. The number of halogens is 1. The van der Waals surface area contributed by atoms with Gasteiger partial charge in [0.25, 0.3) is 0 Å². The fourth-order valence-electron chi connectivity index (χ4n) is 5.33. The van der Waals surface area contributed by atoms with E-state index in [4.69, 9.17) is 13.3 Å². The Labute approximate surface area is 243 Å². The molecule has 0 aliphatic rings. The van der Waals surface area contributed by atoms with Crippen molar-refractivity contribution in [2.24, 2.45) is 0 Å². The molecule has 0 unspecified atom stereocenters. The van der Waals surface area contributed by atoms with Crippen molar-refractivity contribution in [2.45, 2.75) is 181 Å². The van der Waals surface area contributed by atoms with Crippen molar-refractivity contribution in [1.29, 1.82) is 0 Å². The van der Waals surface area contributed by atoms with Gasteiger partial charge in [-0.15, -0.1) is 0 Å². The Morgan fingerprint density at radius 2 is 0.568 bits per heavy atom. The van der Waals surface area contributed by atoms with E-state index in [1.54, 1.807) is 0 Å². The molecule has 224 valence electrons. The van der Waals surface area contributed by atoms with Crippen LogP contribution in [-0.2, 0) is 13.3 Å². The number of hydrogen-bond donors (Lipinski definition) is 0. The molecule has 0 bridgehead atoms. The second-order valence-electron chi connectivity index (χ2n) is 10.9. The highest BCUT2D eigenvalue weighted by Gasteiger charge is 2.39. The zero-order valence-corrected chi connectivity index (χ0v) is 28.2. The second kappa shape index (κ2) is 31.1. The van der Waals surface area contributed by atoms with E-state index in [0.29, 0.717) is 19.8 Å². The summed E-state index contributed by atoms with van der Waals surface area (Å²) in [4.78, 5) is 0. The maximum atomic E-state index is 5.96. The van der Waals surface area contributed by atoms with Crippen molar-refractivity contribution >= 4 is 24.7 Å². The van der Waals surface area contributed by atoms with Crippen LogP contribution in [0.4, 0.5) is 0 Å². The van der Waals surface area contributed by atoms with Gasteiger partial charge in [-0.1, -0.05) is 157 Å². The predicted octanol–water partition coefficient (Wildman–Crippen LogP) is 11.8. The van der Waals surface area contributed by atoms with E-state index < -0.39 is 8.80 Å². The van der Waals surface area contributed by atoms with Crippen LogP contribution in [0.15, 0.2) is 0 Å². The van der Waals surface area contributed by atoms with Gasteiger partial charge >= 0.3 is 8.80 Å². The van der Waals surface area contributed by atoms with E-state index in [0.717, 1.165) is 6.04 Å². The molecule has 3 nitrogen and oxygen atoms in total. The molecule has 0 radical (unpaired) electrons. The van der Waals surface area contributed by atoms with Gasteiger partial charge in [0, 0.05) is 31.2 Å².